The van der Waals surface area contributed by atoms with E-state index in [1.165, 1.54) is 29.8 Å². The molecule has 3 aromatic rings. The minimum atomic E-state index is -3.99. The van der Waals surface area contributed by atoms with Crippen molar-refractivity contribution in [3.8, 4) is 5.75 Å². The quantitative estimate of drug-likeness (QED) is 0.182. The van der Waals surface area contributed by atoms with Crippen molar-refractivity contribution < 1.29 is 17.9 Å². The zero-order chi connectivity index (χ0) is 25.4. The molecule has 9 nitrogen and oxygen atoms in total. The topological polar surface area (TPSA) is 149 Å². The van der Waals surface area contributed by atoms with Crippen molar-refractivity contribution in [2.24, 2.45) is 15.9 Å². The zero-order valence-electron chi connectivity index (χ0n) is 18.3. The number of nitrogens with zero attached hydrogens (tertiary/aromatic N) is 1. The number of benzene rings is 3. The average molecular weight is 576 g/mol. The summed E-state index contributed by atoms with van der Waals surface area (Å²) in [6.07, 6.45) is 0.761. The Kier molecular flexibility index (Phi) is 8.79. The lowest BCUT2D eigenvalue weighted by Gasteiger charge is -2.12. The van der Waals surface area contributed by atoms with Gasteiger partial charge in [0.25, 0.3) is 15.9 Å². The van der Waals surface area contributed by atoms with E-state index in [9.17, 15) is 13.2 Å². The Morgan fingerprint density at radius 1 is 1.03 bits per heavy atom. The number of carbonyl (C=O) groups is 1. The average Bonchev–Trinajstić information content (AvgIpc) is 2.80. The summed E-state index contributed by atoms with van der Waals surface area (Å²) in [6.45, 7) is 0.494. The number of ether oxygens (including phenoxy) is 1. The van der Waals surface area contributed by atoms with Crippen LogP contribution in [0.1, 0.15) is 15.9 Å². The number of nitrogens with one attached hydrogen (secondary N) is 2. The van der Waals surface area contributed by atoms with Crippen LogP contribution in [0.5, 0.6) is 5.75 Å². The Hall–Kier alpha value is -3.48. The van der Waals surface area contributed by atoms with Gasteiger partial charge in [0, 0.05) is 17.7 Å². The lowest BCUT2D eigenvalue weighted by Crippen LogP contribution is -2.34. The first-order valence-corrected chi connectivity index (χ1v) is 12.8. The number of carbonyl (C=O) groups excluding carboxylic acids is 1. The maximum Gasteiger partial charge on any atom is 0.285 e. The lowest BCUT2D eigenvalue weighted by atomic mass is 10.2. The Balaban J connectivity index is 1.55. The van der Waals surface area contributed by atoms with Crippen molar-refractivity contribution in [2.75, 3.05) is 11.9 Å². The molecule has 0 heterocycles. The summed E-state index contributed by atoms with van der Waals surface area (Å²) in [6, 6.07) is 20.5. The number of rotatable bonds is 8. The van der Waals surface area contributed by atoms with Crippen molar-refractivity contribution in [1.82, 2.24) is 5.32 Å². The molecule has 3 aromatic carbocycles. The van der Waals surface area contributed by atoms with E-state index in [-0.39, 0.29) is 10.0 Å². The molecule has 0 saturated carbocycles. The van der Waals surface area contributed by atoms with Gasteiger partial charge in [-0.1, -0.05) is 30.3 Å². The summed E-state index contributed by atoms with van der Waals surface area (Å²) in [5.74, 6) is -0.366. The van der Waals surface area contributed by atoms with Gasteiger partial charge in [-0.15, -0.1) is 4.40 Å². The molecule has 35 heavy (non-hydrogen) atoms. The van der Waals surface area contributed by atoms with E-state index in [0.29, 0.717) is 28.1 Å². The second-order valence-electron chi connectivity index (χ2n) is 7.15. The van der Waals surface area contributed by atoms with E-state index in [1.807, 2.05) is 30.3 Å². The van der Waals surface area contributed by atoms with Gasteiger partial charge in [0.05, 0.1) is 16.0 Å². The molecule has 0 aliphatic heterocycles. The predicted molar refractivity (Wildman–Crippen MR) is 143 cm³/mol. The van der Waals surface area contributed by atoms with Crippen LogP contribution in [0, 0.1) is 0 Å². The number of thiocarbonyl (C=S) groups is 1. The number of halogens is 1. The minimum Gasteiger partial charge on any atom is -0.492 e. The standard InChI is InChI=1S/C23H22BrN5O4S2/c24-19-14-16(6-11-20(19)33-13-12-15-4-2-1-3-5-15)21(30)28-23(34)27-17-7-9-18(10-8-17)35(31,32)29-22(25)26/h1-11,14H,12-13H2,(H4,25,26,29)(H2,27,28,30,34). The molecule has 12 heteroatoms. The first-order valence-electron chi connectivity index (χ1n) is 10.2. The minimum absolute atomic E-state index is 0.0362. The smallest absolute Gasteiger partial charge is 0.285 e. The molecular formula is C23H22BrN5O4S2. The summed E-state index contributed by atoms with van der Waals surface area (Å²) < 4.78 is 33.6. The fourth-order valence-electron chi connectivity index (χ4n) is 2.92. The second kappa shape index (κ2) is 11.8. The Bertz CT molecular complexity index is 1340. The van der Waals surface area contributed by atoms with Gasteiger partial charge in [-0.3, -0.25) is 10.1 Å². The van der Waals surface area contributed by atoms with Crippen molar-refractivity contribution >= 4 is 60.8 Å². The molecule has 0 aromatic heterocycles. The molecule has 0 fully saturated rings. The third kappa shape index (κ3) is 7.77. The Labute approximate surface area is 216 Å². The molecule has 1 amide bonds. The number of nitrogens with two attached hydrogens (primary N) is 2. The molecule has 0 atom stereocenters. The van der Waals surface area contributed by atoms with Crippen LogP contribution in [0.3, 0.4) is 0 Å². The Morgan fingerprint density at radius 3 is 2.34 bits per heavy atom. The van der Waals surface area contributed by atoms with Gasteiger partial charge in [-0.25, -0.2) is 0 Å². The third-order valence-corrected chi connectivity index (χ3v) is 6.69. The maximum atomic E-state index is 12.6. The monoisotopic (exact) mass is 575 g/mol. The number of hydrogen-bond acceptors (Lipinski definition) is 5. The maximum absolute atomic E-state index is 12.6. The largest absolute Gasteiger partial charge is 0.492 e. The molecule has 182 valence electrons. The van der Waals surface area contributed by atoms with Crippen LogP contribution in [-0.4, -0.2) is 32.0 Å². The van der Waals surface area contributed by atoms with Gasteiger partial charge in [-0.2, -0.15) is 8.42 Å². The Morgan fingerprint density at radius 2 is 1.71 bits per heavy atom. The summed E-state index contributed by atoms with van der Waals surface area (Å²) in [4.78, 5) is 12.5. The van der Waals surface area contributed by atoms with E-state index in [1.54, 1.807) is 18.2 Å². The molecule has 0 aliphatic carbocycles. The number of hydrogen-bond donors (Lipinski definition) is 4. The molecule has 6 N–H and O–H groups in total. The van der Waals surface area contributed by atoms with Crippen LogP contribution in [-0.2, 0) is 16.4 Å². The zero-order valence-corrected chi connectivity index (χ0v) is 21.5. The van der Waals surface area contributed by atoms with Gasteiger partial charge < -0.3 is 21.5 Å². The number of guanidine groups is 1. The van der Waals surface area contributed by atoms with Gasteiger partial charge in [0.15, 0.2) is 5.11 Å². The molecule has 0 aliphatic rings. The van der Waals surface area contributed by atoms with Crippen LogP contribution >= 0.6 is 28.1 Å². The highest BCUT2D eigenvalue weighted by atomic mass is 79.9. The van der Waals surface area contributed by atoms with Gasteiger partial charge in [-0.05, 0) is 76.2 Å². The third-order valence-electron chi connectivity index (χ3n) is 4.55. The van der Waals surface area contributed by atoms with E-state index < -0.39 is 21.9 Å². The van der Waals surface area contributed by atoms with E-state index in [2.05, 4.69) is 31.0 Å². The van der Waals surface area contributed by atoms with Crippen LogP contribution < -0.4 is 26.8 Å². The molecule has 0 bridgehead atoms. The van der Waals surface area contributed by atoms with Crippen LogP contribution in [0.25, 0.3) is 0 Å². The molecular weight excluding hydrogens is 554 g/mol. The first-order chi connectivity index (χ1) is 16.6. The number of anilines is 1. The lowest BCUT2D eigenvalue weighted by molar-refractivity contribution is 0.0977. The second-order valence-corrected chi connectivity index (χ2v) is 10.0. The highest BCUT2D eigenvalue weighted by Gasteiger charge is 2.14. The van der Waals surface area contributed by atoms with Crippen molar-refractivity contribution in [1.29, 1.82) is 0 Å². The summed E-state index contributed by atoms with van der Waals surface area (Å²) in [5.41, 5.74) is 12.3. The highest BCUT2D eigenvalue weighted by Crippen LogP contribution is 2.26. The molecule has 0 unspecified atom stereocenters. The molecule has 0 radical (unpaired) electrons. The van der Waals surface area contributed by atoms with Crippen molar-refractivity contribution in [3.05, 3.63) is 88.4 Å². The molecule has 0 saturated heterocycles. The van der Waals surface area contributed by atoms with Crippen molar-refractivity contribution in [2.45, 2.75) is 11.3 Å². The number of amides is 1. The van der Waals surface area contributed by atoms with Crippen LogP contribution in [0.2, 0.25) is 0 Å². The SMILES string of the molecule is NC(N)=NS(=O)(=O)c1ccc(NC(=S)NC(=O)c2ccc(OCCc3ccccc3)c(Br)c2)cc1. The van der Waals surface area contributed by atoms with E-state index >= 15 is 0 Å². The summed E-state index contributed by atoms with van der Waals surface area (Å²) in [7, 11) is -3.99. The fraction of sp³-hybridized carbons (Fsp3) is 0.0870. The first kappa shape index (κ1) is 26.1. The normalized spacial score (nSPS) is 10.8. The van der Waals surface area contributed by atoms with Crippen LogP contribution in [0.15, 0.2) is 86.6 Å². The van der Waals surface area contributed by atoms with Crippen molar-refractivity contribution in [3.63, 3.8) is 0 Å². The predicted octanol–water partition coefficient (Wildman–Crippen LogP) is 3.16. The van der Waals surface area contributed by atoms with E-state index in [0.717, 1.165) is 6.42 Å². The van der Waals surface area contributed by atoms with E-state index in [4.69, 9.17) is 28.4 Å². The highest BCUT2D eigenvalue weighted by molar-refractivity contribution is 9.10. The van der Waals surface area contributed by atoms with Gasteiger partial charge >= 0.3 is 0 Å². The molecule has 0 spiro atoms. The fourth-order valence-corrected chi connectivity index (χ4v) is 4.49. The van der Waals surface area contributed by atoms with Gasteiger partial charge in [0.2, 0.25) is 5.96 Å². The molecule has 3 rings (SSSR count). The van der Waals surface area contributed by atoms with Gasteiger partial charge in [0.1, 0.15) is 5.75 Å². The summed E-state index contributed by atoms with van der Waals surface area (Å²) >= 11 is 8.62. The number of sulfonamides is 1. The van der Waals surface area contributed by atoms with Crippen LogP contribution in [0.4, 0.5) is 5.69 Å². The summed E-state index contributed by atoms with van der Waals surface area (Å²) in [5, 5.41) is 5.42.